The zero-order valence-electron chi connectivity index (χ0n) is 5.56. The minimum absolute atomic E-state index is 0.122. The quantitative estimate of drug-likeness (QED) is 0.284. The van der Waals surface area contributed by atoms with Crippen LogP contribution < -0.4 is 0 Å². The van der Waals surface area contributed by atoms with Crippen LogP contribution in [0, 0.1) is 0 Å². The lowest BCUT2D eigenvalue weighted by molar-refractivity contribution is 0.117. The lowest BCUT2D eigenvalue weighted by atomic mass is 10.8. The SMILES string of the molecule is COCCO.O[Si](O)(O)O. The van der Waals surface area contributed by atoms with Crippen molar-refractivity contribution < 1.29 is 29.0 Å². The van der Waals surface area contributed by atoms with Gasteiger partial charge in [0, 0.05) is 7.11 Å². The Morgan fingerprint density at radius 1 is 1.20 bits per heavy atom. The van der Waals surface area contributed by atoms with Crippen LogP contribution >= 0.6 is 0 Å². The van der Waals surface area contributed by atoms with Crippen LogP contribution in [0.3, 0.4) is 0 Å². The van der Waals surface area contributed by atoms with E-state index < -0.39 is 9.05 Å². The van der Waals surface area contributed by atoms with Crippen molar-refractivity contribution in [3.05, 3.63) is 0 Å². The van der Waals surface area contributed by atoms with Gasteiger partial charge in [0.25, 0.3) is 0 Å². The molecule has 0 saturated carbocycles. The molecule has 0 heterocycles. The van der Waals surface area contributed by atoms with Crippen LogP contribution in [0.1, 0.15) is 0 Å². The zero-order chi connectivity index (χ0) is 8.62. The highest BCUT2D eigenvalue weighted by molar-refractivity contribution is 6.46. The molecule has 0 unspecified atom stereocenters. The maximum atomic E-state index is 7.94. The van der Waals surface area contributed by atoms with Gasteiger partial charge < -0.3 is 29.0 Å². The first kappa shape index (κ1) is 12.6. The van der Waals surface area contributed by atoms with E-state index in [0.717, 1.165) is 0 Å². The van der Waals surface area contributed by atoms with Crippen molar-refractivity contribution in [2.24, 2.45) is 0 Å². The summed E-state index contributed by atoms with van der Waals surface area (Å²) in [6.07, 6.45) is 0. The van der Waals surface area contributed by atoms with E-state index >= 15 is 0 Å². The van der Waals surface area contributed by atoms with E-state index in [-0.39, 0.29) is 6.61 Å². The van der Waals surface area contributed by atoms with Gasteiger partial charge in [-0.15, -0.1) is 0 Å². The molecule has 0 spiro atoms. The number of methoxy groups -OCH3 is 1. The molecule has 0 aliphatic carbocycles. The molecular formula is C3H12O6Si. The number of rotatable bonds is 2. The van der Waals surface area contributed by atoms with Crippen LogP contribution in [0.15, 0.2) is 0 Å². The molecular weight excluding hydrogens is 160 g/mol. The summed E-state index contributed by atoms with van der Waals surface area (Å²) in [7, 11) is -3.06. The minimum Gasteiger partial charge on any atom is -0.394 e. The van der Waals surface area contributed by atoms with Gasteiger partial charge in [-0.25, -0.2) is 0 Å². The Bertz CT molecular complexity index is 52.5. The third kappa shape index (κ3) is 99.4. The van der Waals surface area contributed by atoms with Crippen LogP contribution in [0.2, 0.25) is 0 Å². The van der Waals surface area contributed by atoms with Gasteiger partial charge in [0.15, 0.2) is 0 Å². The Kier molecular flexibility index (Phi) is 8.96. The summed E-state index contributed by atoms with van der Waals surface area (Å²) in [6, 6.07) is 0. The minimum atomic E-state index is -4.61. The van der Waals surface area contributed by atoms with Crippen molar-refractivity contribution in [1.29, 1.82) is 0 Å². The number of hydrogen-bond acceptors (Lipinski definition) is 6. The third-order valence-corrected chi connectivity index (χ3v) is 0.295. The monoisotopic (exact) mass is 172 g/mol. The Morgan fingerprint density at radius 2 is 1.50 bits per heavy atom. The average molecular weight is 172 g/mol. The van der Waals surface area contributed by atoms with Crippen LogP contribution in [0.5, 0.6) is 0 Å². The second-order valence-corrected chi connectivity index (χ2v) is 2.52. The van der Waals surface area contributed by atoms with Gasteiger partial charge in [-0.05, 0) is 0 Å². The van der Waals surface area contributed by atoms with Crippen molar-refractivity contribution >= 4 is 9.05 Å². The predicted molar refractivity (Wildman–Crippen MR) is 33.6 cm³/mol. The van der Waals surface area contributed by atoms with Crippen LogP contribution in [-0.2, 0) is 4.74 Å². The van der Waals surface area contributed by atoms with E-state index in [2.05, 4.69) is 4.74 Å². The summed E-state index contributed by atoms with van der Waals surface area (Å²) in [6.45, 7) is 0.566. The first-order valence-corrected chi connectivity index (χ1v) is 4.20. The molecule has 0 amide bonds. The second-order valence-electron chi connectivity index (χ2n) is 1.32. The van der Waals surface area contributed by atoms with E-state index in [9.17, 15) is 0 Å². The van der Waals surface area contributed by atoms with Crippen molar-refractivity contribution in [3.8, 4) is 0 Å². The molecule has 0 aromatic heterocycles. The van der Waals surface area contributed by atoms with Crippen LogP contribution in [-0.4, -0.2) is 53.7 Å². The Balaban J connectivity index is 0. The fourth-order valence-electron chi connectivity index (χ4n) is 0.0913. The summed E-state index contributed by atoms with van der Waals surface area (Å²) in [5, 5.41) is 7.94. The Morgan fingerprint density at radius 3 is 1.50 bits per heavy atom. The molecule has 0 aromatic rings. The topological polar surface area (TPSA) is 110 Å². The average Bonchev–Trinajstić information content (AvgIpc) is 1.63. The molecule has 0 bridgehead atoms. The summed E-state index contributed by atoms with van der Waals surface area (Å²) in [5.41, 5.74) is 0. The fourth-order valence-corrected chi connectivity index (χ4v) is 0.0913. The predicted octanol–water partition coefficient (Wildman–Crippen LogP) is -2.98. The zero-order valence-corrected chi connectivity index (χ0v) is 6.56. The van der Waals surface area contributed by atoms with E-state index in [1.807, 2.05) is 0 Å². The molecule has 5 N–H and O–H groups in total. The van der Waals surface area contributed by atoms with Crippen molar-refractivity contribution in [2.75, 3.05) is 20.3 Å². The normalized spacial score (nSPS) is 10.2. The Hall–Kier alpha value is -0.0231. The highest BCUT2D eigenvalue weighted by atomic mass is 28.4. The number of hydrogen-bond donors (Lipinski definition) is 5. The van der Waals surface area contributed by atoms with E-state index in [1.165, 1.54) is 0 Å². The number of aliphatic hydroxyl groups excluding tert-OH is 1. The Labute approximate surface area is 59.4 Å². The molecule has 0 saturated heterocycles. The summed E-state index contributed by atoms with van der Waals surface area (Å²) < 4.78 is 4.44. The molecule has 0 fully saturated rings. The second kappa shape index (κ2) is 7.09. The molecule has 6 nitrogen and oxygen atoms in total. The third-order valence-electron chi connectivity index (χ3n) is 0.295. The molecule has 0 radical (unpaired) electrons. The molecule has 10 heavy (non-hydrogen) atoms. The first-order valence-electron chi connectivity index (χ1n) is 2.41. The maximum absolute atomic E-state index is 7.94. The summed E-state index contributed by atoms with van der Waals surface area (Å²) >= 11 is 0. The molecule has 64 valence electrons. The van der Waals surface area contributed by atoms with Gasteiger partial charge in [0.05, 0.1) is 13.2 Å². The van der Waals surface area contributed by atoms with Gasteiger partial charge in [0.2, 0.25) is 0 Å². The highest BCUT2D eigenvalue weighted by Gasteiger charge is 2.22. The van der Waals surface area contributed by atoms with Crippen LogP contribution in [0.4, 0.5) is 0 Å². The molecule has 0 atom stereocenters. The highest BCUT2D eigenvalue weighted by Crippen LogP contribution is 1.67. The van der Waals surface area contributed by atoms with Gasteiger partial charge in [-0.3, -0.25) is 0 Å². The first-order chi connectivity index (χ1) is 4.41. The molecule has 7 heteroatoms. The standard InChI is InChI=1S/C3H8O2.H4O4Si/c1-5-3-2-4;1-5(2,3)4/h4H,2-3H2,1H3;1-4H. The van der Waals surface area contributed by atoms with Crippen molar-refractivity contribution in [2.45, 2.75) is 0 Å². The largest absolute Gasteiger partial charge is 0.668 e. The van der Waals surface area contributed by atoms with Gasteiger partial charge >= 0.3 is 9.05 Å². The van der Waals surface area contributed by atoms with Crippen molar-refractivity contribution in [3.63, 3.8) is 0 Å². The summed E-state index contributed by atoms with van der Waals surface area (Å²) in [4.78, 5) is 29.3. The maximum Gasteiger partial charge on any atom is 0.668 e. The lowest BCUT2D eigenvalue weighted by Gasteiger charge is -1.91. The van der Waals surface area contributed by atoms with E-state index in [4.69, 9.17) is 24.3 Å². The van der Waals surface area contributed by atoms with Gasteiger partial charge in [-0.1, -0.05) is 0 Å². The van der Waals surface area contributed by atoms with E-state index in [1.54, 1.807) is 7.11 Å². The molecule has 0 aromatic carbocycles. The molecule has 0 aliphatic rings. The van der Waals surface area contributed by atoms with Gasteiger partial charge in [-0.2, -0.15) is 0 Å². The molecule has 0 aliphatic heterocycles. The fraction of sp³-hybridized carbons (Fsp3) is 1.00. The summed E-state index contributed by atoms with van der Waals surface area (Å²) in [5.74, 6) is 0. The lowest BCUT2D eigenvalue weighted by Crippen LogP contribution is -2.33. The van der Waals surface area contributed by atoms with Gasteiger partial charge in [0.1, 0.15) is 0 Å². The van der Waals surface area contributed by atoms with Crippen molar-refractivity contribution in [1.82, 2.24) is 0 Å². The number of aliphatic hydroxyl groups is 1. The van der Waals surface area contributed by atoms with E-state index in [0.29, 0.717) is 6.61 Å². The number of ether oxygens (including phenoxy) is 1. The smallest absolute Gasteiger partial charge is 0.394 e. The molecule has 0 rings (SSSR count). The van der Waals surface area contributed by atoms with Crippen LogP contribution in [0.25, 0.3) is 0 Å².